The number of anilines is 1. The third kappa shape index (κ3) is 1.70. The lowest BCUT2D eigenvalue weighted by atomic mass is 9.70. The Kier molecular flexibility index (Phi) is 3.01. The van der Waals surface area contributed by atoms with Crippen LogP contribution in [0.15, 0.2) is 6.20 Å². The van der Waals surface area contributed by atoms with Gasteiger partial charge in [0.2, 0.25) is 5.95 Å². The molecule has 3 nitrogen and oxygen atoms in total. The van der Waals surface area contributed by atoms with Gasteiger partial charge in [0, 0.05) is 24.0 Å². The maximum Gasteiger partial charge on any atom is 0.222 e. The van der Waals surface area contributed by atoms with E-state index in [1.165, 1.54) is 24.1 Å². The second kappa shape index (κ2) is 4.34. The largest absolute Gasteiger partial charge is 0.354 e. The zero-order valence-corrected chi connectivity index (χ0v) is 12.7. The van der Waals surface area contributed by atoms with Gasteiger partial charge in [-0.05, 0) is 36.2 Å². The minimum atomic E-state index is 0.207. The summed E-state index contributed by atoms with van der Waals surface area (Å²) in [4.78, 5) is 9.28. The molecule has 1 N–H and O–H groups in total. The molecule has 1 aromatic heterocycles. The summed E-state index contributed by atoms with van der Waals surface area (Å²) in [7, 11) is 0. The van der Waals surface area contributed by atoms with E-state index in [0.29, 0.717) is 17.2 Å². The van der Waals surface area contributed by atoms with Crippen LogP contribution in [0, 0.1) is 5.41 Å². The fourth-order valence-electron chi connectivity index (χ4n) is 3.91. The van der Waals surface area contributed by atoms with Crippen LogP contribution in [0.5, 0.6) is 0 Å². The maximum atomic E-state index is 5.69. The molecule has 2 atom stereocenters. The van der Waals surface area contributed by atoms with Gasteiger partial charge in [0.15, 0.2) is 0 Å². The zero-order valence-electron chi connectivity index (χ0n) is 12.0. The van der Waals surface area contributed by atoms with Crippen LogP contribution < -0.4 is 5.32 Å². The molecule has 0 radical (unpaired) electrons. The lowest BCUT2D eigenvalue weighted by molar-refractivity contribution is 0.227. The van der Waals surface area contributed by atoms with Gasteiger partial charge in [-0.15, -0.1) is 11.6 Å². The van der Waals surface area contributed by atoms with Gasteiger partial charge in [-0.2, -0.15) is 0 Å². The van der Waals surface area contributed by atoms with E-state index in [2.05, 4.69) is 31.1 Å². The van der Waals surface area contributed by atoms with Crippen molar-refractivity contribution in [3.05, 3.63) is 17.5 Å². The van der Waals surface area contributed by atoms with Gasteiger partial charge < -0.3 is 5.32 Å². The van der Waals surface area contributed by atoms with Gasteiger partial charge >= 0.3 is 0 Å². The van der Waals surface area contributed by atoms with Crippen molar-refractivity contribution in [2.45, 2.75) is 51.4 Å². The van der Waals surface area contributed by atoms with E-state index < -0.39 is 0 Å². The number of nitrogens with one attached hydrogen (secondary N) is 1. The third-order valence-electron chi connectivity index (χ3n) is 5.53. The Bertz CT molecular complexity index is 500. The SMILES string of the molecule is CC1(C)[C@@H]2CC[C@@]1(C)c1nc(NCCCCl)ncc12. The molecule has 1 heterocycles. The van der Waals surface area contributed by atoms with Crippen LogP contribution in [-0.4, -0.2) is 22.4 Å². The van der Waals surface area contributed by atoms with Crippen LogP contribution in [0.2, 0.25) is 0 Å². The fourth-order valence-corrected chi connectivity index (χ4v) is 4.04. The van der Waals surface area contributed by atoms with Crippen LogP contribution in [-0.2, 0) is 5.41 Å². The van der Waals surface area contributed by atoms with E-state index in [1.807, 2.05) is 6.20 Å². The number of fused-ring (bicyclic) bond motifs is 5. The molecular formula is C15H22ClN3. The highest BCUT2D eigenvalue weighted by Gasteiger charge is 2.60. The second-order valence-corrected chi connectivity index (χ2v) is 6.99. The zero-order chi connectivity index (χ0) is 13.7. The fraction of sp³-hybridized carbons (Fsp3) is 0.733. The molecule has 3 rings (SSSR count). The number of rotatable bonds is 4. The molecule has 1 saturated carbocycles. The van der Waals surface area contributed by atoms with Crippen molar-refractivity contribution in [2.75, 3.05) is 17.7 Å². The van der Waals surface area contributed by atoms with Crippen molar-refractivity contribution in [3.8, 4) is 0 Å². The summed E-state index contributed by atoms with van der Waals surface area (Å²) in [6.45, 7) is 7.97. The van der Waals surface area contributed by atoms with Crippen LogP contribution in [0.4, 0.5) is 5.95 Å². The average Bonchev–Trinajstić information content (AvgIpc) is 2.71. The molecule has 0 aliphatic heterocycles. The summed E-state index contributed by atoms with van der Waals surface area (Å²) in [5, 5.41) is 3.27. The minimum Gasteiger partial charge on any atom is -0.354 e. The molecule has 2 bridgehead atoms. The Morgan fingerprint density at radius 1 is 1.42 bits per heavy atom. The Balaban J connectivity index is 1.92. The van der Waals surface area contributed by atoms with Gasteiger partial charge in [0.05, 0.1) is 5.69 Å². The molecule has 0 spiro atoms. The molecule has 1 aromatic rings. The molecule has 0 aromatic carbocycles. The van der Waals surface area contributed by atoms with Crippen molar-refractivity contribution >= 4 is 17.5 Å². The van der Waals surface area contributed by atoms with E-state index in [0.717, 1.165) is 18.9 Å². The summed E-state index contributed by atoms with van der Waals surface area (Å²) in [6.07, 6.45) is 5.50. The lowest BCUT2D eigenvalue weighted by Gasteiger charge is -2.34. The molecular weight excluding hydrogens is 258 g/mol. The molecule has 104 valence electrons. The summed E-state index contributed by atoms with van der Waals surface area (Å²) < 4.78 is 0. The van der Waals surface area contributed by atoms with Crippen LogP contribution in [0.25, 0.3) is 0 Å². The van der Waals surface area contributed by atoms with E-state index in [4.69, 9.17) is 16.6 Å². The van der Waals surface area contributed by atoms with E-state index >= 15 is 0 Å². The molecule has 0 saturated heterocycles. The third-order valence-corrected chi connectivity index (χ3v) is 5.80. The summed E-state index contributed by atoms with van der Waals surface area (Å²) >= 11 is 5.69. The lowest BCUT2D eigenvalue weighted by Crippen LogP contribution is -2.32. The average molecular weight is 280 g/mol. The molecule has 19 heavy (non-hydrogen) atoms. The predicted molar refractivity (Wildman–Crippen MR) is 79.0 cm³/mol. The molecule has 2 aliphatic rings. The van der Waals surface area contributed by atoms with Crippen LogP contribution in [0.3, 0.4) is 0 Å². The number of alkyl halides is 1. The highest BCUT2D eigenvalue weighted by Crippen LogP contribution is 2.66. The topological polar surface area (TPSA) is 37.8 Å². The molecule has 0 amide bonds. The normalized spacial score (nSPS) is 30.4. The number of hydrogen-bond acceptors (Lipinski definition) is 3. The quantitative estimate of drug-likeness (QED) is 0.675. The van der Waals surface area contributed by atoms with E-state index in [-0.39, 0.29) is 5.41 Å². The van der Waals surface area contributed by atoms with Gasteiger partial charge in [-0.1, -0.05) is 20.8 Å². The number of aromatic nitrogens is 2. The van der Waals surface area contributed by atoms with Crippen molar-refractivity contribution in [1.29, 1.82) is 0 Å². The van der Waals surface area contributed by atoms with Crippen molar-refractivity contribution in [1.82, 2.24) is 9.97 Å². The Labute approximate surface area is 120 Å². The number of nitrogens with zero attached hydrogens (tertiary/aromatic N) is 2. The summed E-state index contributed by atoms with van der Waals surface area (Å²) in [6, 6.07) is 0. The second-order valence-electron chi connectivity index (χ2n) is 6.61. The van der Waals surface area contributed by atoms with Crippen molar-refractivity contribution in [2.24, 2.45) is 5.41 Å². The number of halogens is 1. The first-order valence-electron chi connectivity index (χ1n) is 7.18. The van der Waals surface area contributed by atoms with Crippen LogP contribution in [0.1, 0.15) is 57.2 Å². The minimum absolute atomic E-state index is 0.207. The highest BCUT2D eigenvalue weighted by atomic mass is 35.5. The Hall–Kier alpha value is -0.830. The van der Waals surface area contributed by atoms with Gasteiger partial charge in [0.25, 0.3) is 0 Å². The molecule has 1 fully saturated rings. The predicted octanol–water partition coefficient (Wildman–Crippen LogP) is 3.69. The molecule has 2 aliphatic carbocycles. The Morgan fingerprint density at radius 2 is 2.21 bits per heavy atom. The van der Waals surface area contributed by atoms with Gasteiger partial charge in [-0.3, -0.25) is 0 Å². The van der Waals surface area contributed by atoms with E-state index in [1.54, 1.807) is 0 Å². The van der Waals surface area contributed by atoms with Crippen LogP contribution >= 0.6 is 11.6 Å². The maximum absolute atomic E-state index is 5.69. The Morgan fingerprint density at radius 3 is 2.95 bits per heavy atom. The van der Waals surface area contributed by atoms with Gasteiger partial charge in [-0.25, -0.2) is 9.97 Å². The molecule has 0 unspecified atom stereocenters. The van der Waals surface area contributed by atoms with Crippen molar-refractivity contribution < 1.29 is 0 Å². The van der Waals surface area contributed by atoms with Gasteiger partial charge in [0.1, 0.15) is 0 Å². The van der Waals surface area contributed by atoms with E-state index in [9.17, 15) is 0 Å². The first-order chi connectivity index (χ1) is 9.00. The van der Waals surface area contributed by atoms with Crippen molar-refractivity contribution in [3.63, 3.8) is 0 Å². The smallest absolute Gasteiger partial charge is 0.222 e. The standard InChI is InChI=1S/C15H22ClN3/c1-14(2)11-5-6-15(14,3)12-10(11)9-18-13(19-12)17-8-4-7-16/h9,11H,4-8H2,1-3H3,(H,17,18,19)/t11-,15+/m1/s1. The summed E-state index contributed by atoms with van der Waals surface area (Å²) in [5.74, 6) is 2.06. The summed E-state index contributed by atoms with van der Waals surface area (Å²) in [5.41, 5.74) is 3.16. The highest BCUT2D eigenvalue weighted by molar-refractivity contribution is 6.17. The first kappa shape index (κ1) is 13.2. The monoisotopic (exact) mass is 279 g/mol. The number of hydrogen-bond donors (Lipinski definition) is 1. The molecule has 4 heteroatoms. The first-order valence-corrected chi connectivity index (χ1v) is 7.71.